The van der Waals surface area contributed by atoms with Gasteiger partial charge in [0.15, 0.2) is 5.54 Å². The summed E-state index contributed by atoms with van der Waals surface area (Å²) in [5, 5.41) is 3.14. The third-order valence-corrected chi connectivity index (χ3v) is 6.94. The Bertz CT molecular complexity index is 805. The molecule has 2 aliphatic heterocycles. The zero-order valence-electron chi connectivity index (χ0n) is 20.6. The highest BCUT2D eigenvalue weighted by Gasteiger charge is 2.51. The van der Waals surface area contributed by atoms with Crippen molar-refractivity contribution in [3.8, 4) is 0 Å². The number of carbonyl (C=O) groups is 2. The maximum atomic E-state index is 13.8. The zero-order chi connectivity index (χ0) is 24.0. The van der Waals surface area contributed by atoms with E-state index in [1.165, 1.54) is 12.2 Å². The number of hydrogen-bond donors (Lipinski definition) is 0. The summed E-state index contributed by atoms with van der Waals surface area (Å²) in [6.07, 6.45) is 2.66. The van der Waals surface area contributed by atoms with E-state index in [2.05, 4.69) is 12.1 Å². The lowest BCUT2D eigenvalue weighted by Crippen LogP contribution is -2.62. The number of methoxy groups -OCH3 is 1. The summed E-state index contributed by atoms with van der Waals surface area (Å²) in [4.78, 5) is 38.5. The second kappa shape index (κ2) is 11.4. The monoisotopic (exact) mass is 462 g/mol. The van der Waals surface area contributed by atoms with Crippen LogP contribution in [-0.4, -0.2) is 74.7 Å². The summed E-state index contributed by atoms with van der Waals surface area (Å²) >= 11 is 0. The second-order valence-corrected chi connectivity index (χ2v) is 9.23. The van der Waals surface area contributed by atoms with Gasteiger partial charge in [-0.15, -0.1) is 0 Å². The van der Waals surface area contributed by atoms with Crippen LogP contribution in [0.15, 0.2) is 12.1 Å². The number of nitrogens with zero attached hydrogens (tertiary/aromatic N) is 2. The highest BCUT2D eigenvalue weighted by molar-refractivity contribution is 5.88. The molecule has 184 valence electrons. The number of ether oxygens (including phenoxy) is 2. The molecule has 2 saturated heterocycles. The van der Waals surface area contributed by atoms with Gasteiger partial charge < -0.3 is 14.3 Å². The van der Waals surface area contributed by atoms with Crippen molar-refractivity contribution in [1.29, 1.82) is 0 Å². The molecule has 8 nitrogen and oxygen atoms in total. The fourth-order valence-corrected chi connectivity index (χ4v) is 4.96. The van der Waals surface area contributed by atoms with Crippen molar-refractivity contribution in [2.24, 2.45) is 5.92 Å². The van der Waals surface area contributed by atoms with Gasteiger partial charge in [0.2, 0.25) is 0 Å². The van der Waals surface area contributed by atoms with E-state index >= 15 is 0 Å². The molecule has 1 aromatic rings. The number of hydrogen-bond acceptors (Lipinski definition) is 7. The Balaban J connectivity index is 1.90. The Morgan fingerprint density at radius 2 is 1.70 bits per heavy atom. The highest BCUT2D eigenvalue weighted by atomic mass is 16.7. The van der Waals surface area contributed by atoms with Crippen LogP contribution in [0.2, 0.25) is 0 Å². The normalized spacial score (nSPS) is 19.3. The predicted octanol–water partition coefficient (Wildman–Crippen LogP) is 2.91. The summed E-state index contributed by atoms with van der Waals surface area (Å²) in [5.41, 5.74) is 3.07. The van der Waals surface area contributed by atoms with Crippen LogP contribution in [0.1, 0.15) is 47.9 Å². The fourth-order valence-electron chi connectivity index (χ4n) is 4.96. The van der Waals surface area contributed by atoms with Gasteiger partial charge in [0.25, 0.3) is 5.91 Å². The van der Waals surface area contributed by atoms with Crippen LogP contribution >= 0.6 is 0 Å². The van der Waals surface area contributed by atoms with Gasteiger partial charge >= 0.3 is 5.97 Å². The third-order valence-electron chi connectivity index (χ3n) is 6.94. The number of esters is 1. The van der Waals surface area contributed by atoms with Gasteiger partial charge in [0.1, 0.15) is 0 Å². The van der Waals surface area contributed by atoms with Gasteiger partial charge in [0, 0.05) is 26.3 Å². The Morgan fingerprint density at radius 1 is 1.09 bits per heavy atom. The minimum absolute atomic E-state index is 0.165. The van der Waals surface area contributed by atoms with Crippen LogP contribution < -0.4 is 0 Å². The zero-order valence-corrected chi connectivity index (χ0v) is 20.6. The molecule has 3 rings (SSSR count). The molecule has 0 bridgehead atoms. The van der Waals surface area contributed by atoms with Gasteiger partial charge in [-0.25, -0.2) is 9.86 Å². The first kappa shape index (κ1) is 25.6. The number of carbonyl (C=O) groups excluding carboxylic acids is 2. The predicted molar refractivity (Wildman–Crippen MR) is 123 cm³/mol. The molecule has 0 spiro atoms. The molecule has 0 radical (unpaired) electrons. The molecule has 0 aromatic heterocycles. The molecule has 1 aromatic carbocycles. The summed E-state index contributed by atoms with van der Waals surface area (Å²) in [5.74, 6) is -0.394. The number of benzene rings is 1. The van der Waals surface area contributed by atoms with E-state index in [0.29, 0.717) is 45.8 Å². The van der Waals surface area contributed by atoms with Crippen molar-refractivity contribution in [3.05, 3.63) is 34.4 Å². The number of hydroxylamine groups is 4. The first-order valence-corrected chi connectivity index (χ1v) is 11.8. The minimum atomic E-state index is -1.18. The molecule has 2 fully saturated rings. The quantitative estimate of drug-likeness (QED) is 0.434. The third kappa shape index (κ3) is 5.93. The topological polar surface area (TPSA) is 77.5 Å². The largest absolute Gasteiger partial charge is 0.467 e. The fraction of sp³-hybridized carbons (Fsp3) is 0.680. The summed E-state index contributed by atoms with van der Waals surface area (Å²) in [6.45, 7) is 8.82. The molecule has 0 atom stereocenters. The molecule has 2 aliphatic rings. The van der Waals surface area contributed by atoms with Gasteiger partial charge in [-0.3, -0.25) is 9.63 Å². The molecular weight excluding hydrogens is 424 g/mol. The minimum Gasteiger partial charge on any atom is -0.467 e. The lowest BCUT2D eigenvalue weighted by Gasteiger charge is -2.45. The number of piperidine rings is 1. The van der Waals surface area contributed by atoms with E-state index in [0.717, 1.165) is 35.1 Å². The first-order chi connectivity index (χ1) is 15.8. The molecule has 0 saturated carbocycles. The maximum absolute atomic E-state index is 13.8. The van der Waals surface area contributed by atoms with Crippen molar-refractivity contribution in [2.45, 2.75) is 58.4 Å². The highest BCUT2D eigenvalue weighted by Crippen LogP contribution is 2.33. The van der Waals surface area contributed by atoms with Crippen molar-refractivity contribution in [1.82, 2.24) is 10.1 Å². The van der Waals surface area contributed by atoms with Gasteiger partial charge in [0.05, 0.1) is 27.2 Å². The van der Waals surface area contributed by atoms with E-state index < -0.39 is 11.5 Å². The Kier molecular flexibility index (Phi) is 8.87. The van der Waals surface area contributed by atoms with E-state index in [1.54, 1.807) is 12.2 Å². The van der Waals surface area contributed by atoms with Crippen molar-refractivity contribution in [3.63, 3.8) is 0 Å². The molecule has 0 aliphatic carbocycles. The average Bonchev–Trinajstić information content (AvgIpc) is 2.82. The first-order valence-electron chi connectivity index (χ1n) is 11.8. The van der Waals surface area contributed by atoms with Crippen LogP contribution in [-0.2, 0) is 35.2 Å². The molecule has 1 amide bonds. The standard InChI is InChI=1S/C25H38N2O6/c1-18-14-19(2)22(20(3)15-18)16-23(28)27(33-17-21-6-12-32-13-7-21)25(24(29)30-4)8-10-26(31-5)11-9-25/h14-15,21H,6-13,16-17H2,1-5H3. The van der Waals surface area contributed by atoms with Crippen LogP contribution in [0.4, 0.5) is 0 Å². The van der Waals surface area contributed by atoms with Crippen molar-refractivity contribution in [2.75, 3.05) is 47.1 Å². The summed E-state index contributed by atoms with van der Waals surface area (Å²) in [6, 6.07) is 4.16. The van der Waals surface area contributed by atoms with Crippen LogP contribution in [0.25, 0.3) is 0 Å². The SMILES string of the molecule is COC(=O)C1(N(OCC2CCOCC2)C(=O)Cc2c(C)cc(C)cc2C)CCN(OC)CC1. The summed E-state index contributed by atoms with van der Waals surface area (Å²) < 4.78 is 10.7. The average molecular weight is 463 g/mol. The molecular formula is C25H38N2O6. The van der Waals surface area contributed by atoms with E-state index in [4.69, 9.17) is 19.1 Å². The van der Waals surface area contributed by atoms with Crippen molar-refractivity contribution < 1.29 is 28.7 Å². The van der Waals surface area contributed by atoms with Crippen LogP contribution in [0.3, 0.4) is 0 Å². The van der Waals surface area contributed by atoms with Gasteiger partial charge in [-0.05, 0) is 69.1 Å². The molecule has 8 heteroatoms. The smallest absolute Gasteiger partial charge is 0.334 e. The molecule has 0 unspecified atom stereocenters. The second-order valence-electron chi connectivity index (χ2n) is 9.23. The van der Waals surface area contributed by atoms with Crippen LogP contribution in [0.5, 0.6) is 0 Å². The lowest BCUT2D eigenvalue weighted by atomic mass is 9.86. The number of aryl methyl sites for hydroxylation is 3. The number of amides is 1. The van der Waals surface area contributed by atoms with Crippen molar-refractivity contribution >= 4 is 11.9 Å². The van der Waals surface area contributed by atoms with Gasteiger partial charge in [-0.2, -0.15) is 5.06 Å². The van der Waals surface area contributed by atoms with Crippen LogP contribution in [0, 0.1) is 26.7 Å². The molecule has 0 N–H and O–H groups in total. The Labute approximate surface area is 197 Å². The van der Waals surface area contributed by atoms with E-state index in [9.17, 15) is 9.59 Å². The lowest BCUT2D eigenvalue weighted by molar-refractivity contribution is -0.253. The van der Waals surface area contributed by atoms with E-state index in [1.807, 2.05) is 20.8 Å². The molecule has 2 heterocycles. The van der Waals surface area contributed by atoms with E-state index in [-0.39, 0.29) is 18.2 Å². The van der Waals surface area contributed by atoms with Gasteiger partial charge in [-0.1, -0.05) is 17.7 Å². The Hall–Kier alpha value is -2.00. The summed E-state index contributed by atoms with van der Waals surface area (Å²) in [7, 11) is 2.97. The maximum Gasteiger partial charge on any atom is 0.334 e. The molecule has 33 heavy (non-hydrogen) atoms. The number of rotatable bonds is 8. The Morgan fingerprint density at radius 3 is 2.24 bits per heavy atom.